The number of benzene rings is 1. The van der Waals surface area contributed by atoms with Gasteiger partial charge in [-0.2, -0.15) is 0 Å². The molecule has 0 spiro atoms. The van der Waals surface area contributed by atoms with Crippen molar-refractivity contribution in [1.29, 1.82) is 0 Å². The van der Waals surface area contributed by atoms with E-state index in [1.165, 1.54) is 11.9 Å². The lowest BCUT2D eigenvalue weighted by molar-refractivity contribution is -0.310. The molecule has 0 unspecified atom stereocenters. The summed E-state index contributed by atoms with van der Waals surface area (Å²) in [5.41, 5.74) is 5.21. The fourth-order valence-corrected chi connectivity index (χ4v) is 5.04. The van der Waals surface area contributed by atoms with Gasteiger partial charge in [-0.3, -0.25) is 29.2 Å². The predicted octanol–water partition coefficient (Wildman–Crippen LogP) is 1.91. The minimum Gasteiger partial charge on any atom is -0.548 e. The van der Waals surface area contributed by atoms with Crippen LogP contribution >= 0.6 is 0 Å². The molecule has 0 aliphatic carbocycles. The van der Waals surface area contributed by atoms with Gasteiger partial charge in [-0.1, -0.05) is 65.0 Å². The molecule has 5 atom stereocenters. The normalized spacial score (nSPS) is 17.8. The largest absolute Gasteiger partial charge is 0.548 e. The Morgan fingerprint density at radius 2 is 1.74 bits per heavy atom. The van der Waals surface area contributed by atoms with E-state index in [0.717, 1.165) is 28.6 Å². The summed E-state index contributed by atoms with van der Waals surface area (Å²) < 4.78 is 5.61. The molecule has 3 rings (SSSR count). The molecule has 1 fully saturated rings. The SMILES string of the molecule is CCc1ccc2ccc(/C=C/[C@@H](C(=O)N[C@H](C(=O)N[C@@H](C)C(=O)N3CCC[C@@H](C(=O)[O-])N3)C(C)C)[C@H](C)OC(=O)C(C)C)cc2n1. The number of hydrazine groups is 1. The van der Waals surface area contributed by atoms with Crippen LogP contribution in [0.2, 0.25) is 0 Å². The number of aliphatic carboxylic acids is 1. The maximum absolute atomic E-state index is 13.7. The molecule has 0 bridgehead atoms. The number of hydrogen-bond acceptors (Lipinski definition) is 9. The number of nitrogens with one attached hydrogen (secondary N) is 3. The van der Waals surface area contributed by atoms with Crippen molar-refractivity contribution in [2.24, 2.45) is 17.8 Å². The first-order chi connectivity index (χ1) is 21.7. The van der Waals surface area contributed by atoms with Gasteiger partial charge in [0, 0.05) is 17.6 Å². The zero-order valence-corrected chi connectivity index (χ0v) is 27.7. The summed E-state index contributed by atoms with van der Waals surface area (Å²) in [5, 5.41) is 18.9. The smallest absolute Gasteiger partial charge is 0.308 e. The Bertz CT molecular complexity index is 1460. The van der Waals surface area contributed by atoms with Gasteiger partial charge in [0.25, 0.3) is 5.91 Å². The lowest BCUT2D eigenvalue weighted by Gasteiger charge is -2.36. The first-order valence-corrected chi connectivity index (χ1v) is 15.9. The first-order valence-electron chi connectivity index (χ1n) is 15.9. The van der Waals surface area contributed by atoms with Gasteiger partial charge in [0.15, 0.2) is 0 Å². The van der Waals surface area contributed by atoms with Crippen molar-refractivity contribution < 1.29 is 33.8 Å². The monoisotopic (exact) mass is 636 g/mol. The molecule has 1 aliphatic rings. The zero-order chi connectivity index (χ0) is 34.1. The van der Waals surface area contributed by atoms with Crippen LogP contribution in [0, 0.1) is 17.8 Å². The molecular formula is C34H46N5O7-. The number of esters is 1. The Labute approximate surface area is 270 Å². The number of pyridine rings is 1. The first kappa shape index (κ1) is 36.2. The average Bonchev–Trinajstić information content (AvgIpc) is 3.02. The Balaban J connectivity index is 1.79. The number of nitrogens with zero attached hydrogens (tertiary/aromatic N) is 2. The van der Waals surface area contributed by atoms with Gasteiger partial charge in [-0.05, 0) is 56.7 Å². The van der Waals surface area contributed by atoms with Gasteiger partial charge in [0.1, 0.15) is 18.2 Å². The molecular weight excluding hydrogens is 590 g/mol. The summed E-state index contributed by atoms with van der Waals surface area (Å²) in [5.74, 6) is -5.11. The number of carboxylic acids is 1. The van der Waals surface area contributed by atoms with Crippen LogP contribution < -0.4 is 21.2 Å². The third-order valence-electron chi connectivity index (χ3n) is 7.93. The summed E-state index contributed by atoms with van der Waals surface area (Å²) in [6.45, 7) is 12.3. The van der Waals surface area contributed by atoms with Crippen LogP contribution in [0.4, 0.5) is 0 Å². The summed E-state index contributed by atoms with van der Waals surface area (Å²) >= 11 is 0. The lowest BCUT2D eigenvalue weighted by atomic mass is 9.97. The van der Waals surface area contributed by atoms with Crippen LogP contribution in [-0.2, 0) is 35.1 Å². The van der Waals surface area contributed by atoms with Crippen LogP contribution in [0.5, 0.6) is 0 Å². The van der Waals surface area contributed by atoms with Crippen molar-refractivity contribution in [2.45, 2.75) is 92.0 Å². The molecule has 1 aromatic heterocycles. The minimum atomic E-state index is -1.31. The second-order valence-corrected chi connectivity index (χ2v) is 12.4. The highest BCUT2D eigenvalue weighted by Crippen LogP contribution is 2.20. The quantitative estimate of drug-likeness (QED) is 0.278. The summed E-state index contributed by atoms with van der Waals surface area (Å²) in [7, 11) is 0. The molecule has 46 heavy (non-hydrogen) atoms. The van der Waals surface area contributed by atoms with Crippen molar-refractivity contribution in [3.63, 3.8) is 0 Å². The molecule has 0 radical (unpaired) electrons. The fourth-order valence-electron chi connectivity index (χ4n) is 5.04. The number of carbonyl (C=O) groups excluding carboxylic acids is 5. The van der Waals surface area contributed by atoms with Gasteiger partial charge in [0.05, 0.1) is 29.4 Å². The topological polar surface area (TPSA) is 170 Å². The van der Waals surface area contributed by atoms with E-state index in [-0.39, 0.29) is 12.5 Å². The van der Waals surface area contributed by atoms with Gasteiger partial charge >= 0.3 is 5.97 Å². The molecule has 12 heteroatoms. The van der Waals surface area contributed by atoms with E-state index < -0.39 is 65.7 Å². The van der Waals surface area contributed by atoms with Gasteiger partial charge < -0.3 is 25.3 Å². The molecule has 1 saturated heterocycles. The van der Waals surface area contributed by atoms with E-state index >= 15 is 0 Å². The molecule has 2 heterocycles. The molecule has 12 nitrogen and oxygen atoms in total. The van der Waals surface area contributed by atoms with Crippen molar-refractivity contribution >= 4 is 46.6 Å². The van der Waals surface area contributed by atoms with Crippen LogP contribution in [0.15, 0.2) is 36.4 Å². The van der Waals surface area contributed by atoms with Crippen LogP contribution in [0.1, 0.15) is 72.6 Å². The van der Waals surface area contributed by atoms with Crippen molar-refractivity contribution in [2.75, 3.05) is 6.54 Å². The third kappa shape index (κ3) is 9.59. The summed E-state index contributed by atoms with van der Waals surface area (Å²) in [6, 6.07) is 6.73. The standard InChI is InChI=1S/C34H47N5O7/c1-8-25-15-14-24-13-11-23(18-28(24)36-25)12-16-26(22(7)46-34(45)20(4)5)30(40)37-29(19(2)3)31(41)35-21(6)32(42)39-17-9-10-27(38-39)33(43)44/h11-16,18-22,26-27,29,38H,8-10,17H2,1-7H3,(H,35,41)(H,37,40)(H,43,44)/p-1/b16-12+/t21-,22-,26+,27-,29-/m0/s1. The molecule has 1 aromatic carbocycles. The molecule has 1 aliphatic heterocycles. The predicted molar refractivity (Wildman–Crippen MR) is 171 cm³/mol. The number of fused-ring (bicyclic) bond motifs is 1. The summed E-state index contributed by atoms with van der Waals surface area (Å²) in [6.07, 6.45) is 4.15. The van der Waals surface area contributed by atoms with Gasteiger partial charge in [-0.25, -0.2) is 5.43 Å². The number of ether oxygens (including phenoxy) is 1. The van der Waals surface area contributed by atoms with E-state index in [0.29, 0.717) is 12.8 Å². The van der Waals surface area contributed by atoms with Crippen LogP contribution in [-0.4, -0.2) is 70.4 Å². The zero-order valence-electron chi connectivity index (χ0n) is 27.7. The highest BCUT2D eigenvalue weighted by atomic mass is 16.5. The van der Waals surface area contributed by atoms with Crippen LogP contribution in [0.3, 0.4) is 0 Å². The number of aryl methyl sites for hydroxylation is 1. The Morgan fingerprint density at radius 3 is 2.37 bits per heavy atom. The highest BCUT2D eigenvalue weighted by Gasteiger charge is 2.34. The third-order valence-corrected chi connectivity index (χ3v) is 7.93. The van der Waals surface area contributed by atoms with E-state index in [1.54, 1.807) is 46.8 Å². The van der Waals surface area contributed by atoms with E-state index in [4.69, 9.17) is 4.74 Å². The van der Waals surface area contributed by atoms with Crippen molar-refractivity contribution in [3.8, 4) is 0 Å². The molecule has 0 saturated carbocycles. The number of amides is 3. The number of hydrogen-bond donors (Lipinski definition) is 3. The molecule has 2 aromatic rings. The van der Waals surface area contributed by atoms with E-state index in [9.17, 15) is 29.1 Å². The minimum absolute atomic E-state index is 0.279. The number of carbonyl (C=O) groups is 5. The fraction of sp³-hybridized carbons (Fsp3) is 0.529. The highest BCUT2D eigenvalue weighted by molar-refractivity contribution is 5.93. The van der Waals surface area contributed by atoms with Gasteiger partial charge in [-0.15, -0.1) is 0 Å². The molecule has 3 N–H and O–H groups in total. The maximum atomic E-state index is 13.7. The Kier molecular flexibility index (Phi) is 12.8. The second-order valence-electron chi connectivity index (χ2n) is 12.4. The summed E-state index contributed by atoms with van der Waals surface area (Å²) in [4.78, 5) is 68.5. The average molecular weight is 637 g/mol. The molecule has 250 valence electrons. The van der Waals surface area contributed by atoms with Crippen molar-refractivity contribution in [3.05, 3.63) is 47.7 Å². The van der Waals surface area contributed by atoms with E-state index in [2.05, 4.69) is 21.0 Å². The van der Waals surface area contributed by atoms with Crippen molar-refractivity contribution in [1.82, 2.24) is 26.1 Å². The van der Waals surface area contributed by atoms with Gasteiger partial charge in [0.2, 0.25) is 11.8 Å². The van der Waals surface area contributed by atoms with E-state index in [1.807, 2.05) is 37.3 Å². The maximum Gasteiger partial charge on any atom is 0.308 e. The lowest BCUT2D eigenvalue weighted by Crippen LogP contribution is -2.62. The second kappa shape index (κ2) is 16.3. The Hall–Kier alpha value is -4.32. The number of carboxylic acid groups (broad SMARTS) is 1. The Morgan fingerprint density at radius 1 is 1.04 bits per heavy atom. The number of aromatic nitrogens is 1. The van der Waals surface area contributed by atoms with Crippen LogP contribution in [0.25, 0.3) is 17.0 Å². The molecule has 3 amide bonds. The number of rotatable bonds is 13.